The Morgan fingerprint density at radius 2 is 2.09 bits per heavy atom. The van der Waals surface area contributed by atoms with Crippen molar-refractivity contribution in [1.82, 2.24) is 0 Å². The van der Waals surface area contributed by atoms with E-state index in [1.807, 2.05) is 26.0 Å². The third-order valence-corrected chi connectivity index (χ3v) is 1.39. The summed E-state index contributed by atoms with van der Waals surface area (Å²) in [5.41, 5.74) is 12.9. The van der Waals surface area contributed by atoms with Crippen molar-refractivity contribution in [2.24, 2.45) is 11.5 Å². The van der Waals surface area contributed by atoms with E-state index >= 15 is 0 Å². The third-order valence-electron chi connectivity index (χ3n) is 1.39. The van der Waals surface area contributed by atoms with Crippen LogP contribution in [0.4, 0.5) is 0 Å². The van der Waals surface area contributed by atoms with Gasteiger partial charge in [0.25, 0.3) is 0 Å². The first-order valence-corrected chi connectivity index (χ1v) is 3.63. The molecule has 11 heavy (non-hydrogen) atoms. The highest BCUT2D eigenvalue weighted by molar-refractivity contribution is 5.33. The molecular weight excluding hydrogens is 136 g/mol. The highest BCUT2D eigenvalue weighted by atomic mass is 14.6. The van der Waals surface area contributed by atoms with Gasteiger partial charge in [0.1, 0.15) is 0 Å². The summed E-state index contributed by atoms with van der Waals surface area (Å²) < 4.78 is 0. The van der Waals surface area contributed by atoms with Crippen LogP contribution in [0.3, 0.4) is 0 Å². The molecule has 0 aromatic carbocycles. The van der Waals surface area contributed by atoms with Crippen molar-refractivity contribution in [3.63, 3.8) is 0 Å². The average molecular weight is 152 g/mol. The second-order valence-electron chi connectivity index (χ2n) is 2.40. The van der Waals surface area contributed by atoms with Gasteiger partial charge in [-0.05, 0) is 25.5 Å². The molecule has 0 heterocycles. The van der Waals surface area contributed by atoms with Crippen LogP contribution in [0.5, 0.6) is 0 Å². The van der Waals surface area contributed by atoms with Gasteiger partial charge in [0.05, 0.1) is 0 Å². The first kappa shape index (κ1) is 9.98. The number of hydrogen-bond donors (Lipinski definition) is 2. The van der Waals surface area contributed by atoms with E-state index in [0.29, 0.717) is 5.70 Å². The second kappa shape index (κ2) is 4.74. The Balaban J connectivity index is 4.71. The van der Waals surface area contributed by atoms with Crippen LogP contribution in [-0.2, 0) is 0 Å². The van der Waals surface area contributed by atoms with Crippen molar-refractivity contribution >= 4 is 0 Å². The van der Waals surface area contributed by atoms with Gasteiger partial charge in [-0.1, -0.05) is 18.7 Å². The lowest BCUT2D eigenvalue weighted by atomic mass is 10.1. The van der Waals surface area contributed by atoms with Crippen LogP contribution in [-0.4, -0.2) is 6.04 Å². The van der Waals surface area contributed by atoms with Gasteiger partial charge >= 0.3 is 0 Å². The summed E-state index contributed by atoms with van der Waals surface area (Å²) in [5, 5.41) is 0. The summed E-state index contributed by atoms with van der Waals surface area (Å²) in [6, 6.07) is -0.0378. The maximum Gasteiger partial charge on any atom is 0.0356 e. The van der Waals surface area contributed by atoms with E-state index in [1.54, 1.807) is 6.08 Å². The lowest BCUT2D eigenvalue weighted by Crippen LogP contribution is -2.20. The zero-order chi connectivity index (χ0) is 8.85. The predicted octanol–water partition coefficient (Wildman–Crippen LogP) is 1.31. The van der Waals surface area contributed by atoms with Crippen LogP contribution in [0.25, 0.3) is 0 Å². The standard InChI is InChI=1S/C9H16N2/c1-4-6-8(7(3)10)9(11)5-2/h4-7H,2,10-11H2,1,3H3/b6-4-,9-8-. The van der Waals surface area contributed by atoms with E-state index in [0.717, 1.165) is 5.57 Å². The van der Waals surface area contributed by atoms with E-state index in [4.69, 9.17) is 11.5 Å². The monoisotopic (exact) mass is 152 g/mol. The Morgan fingerprint density at radius 1 is 1.55 bits per heavy atom. The lowest BCUT2D eigenvalue weighted by Gasteiger charge is -2.08. The first-order valence-electron chi connectivity index (χ1n) is 3.63. The molecule has 0 rings (SSSR count). The largest absolute Gasteiger partial charge is 0.398 e. The van der Waals surface area contributed by atoms with Gasteiger partial charge in [0, 0.05) is 11.7 Å². The number of hydrogen-bond acceptors (Lipinski definition) is 2. The SMILES string of the molecule is C=C/C(N)=C(\C=C/C)C(C)N. The van der Waals surface area contributed by atoms with Crippen LogP contribution in [0.15, 0.2) is 36.1 Å². The minimum atomic E-state index is -0.0378. The van der Waals surface area contributed by atoms with Crippen molar-refractivity contribution in [1.29, 1.82) is 0 Å². The minimum absolute atomic E-state index is 0.0378. The Bertz CT molecular complexity index is 188. The first-order chi connectivity index (χ1) is 5.13. The molecule has 1 atom stereocenters. The fraction of sp³-hybridized carbons (Fsp3) is 0.333. The molecule has 0 aliphatic rings. The van der Waals surface area contributed by atoms with Gasteiger partial charge in [-0.25, -0.2) is 0 Å². The average Bonchev–Trinajstić information content (AvgIpc) is 1.98. The van der Waals surface area contributed by atoms with Crippen molar-refractivity contribution in [3.05, 3.63) is 36.1 Å². The molecule has 2 heteroatoms. The zero-order valence-corrected chi connectivity index (χ0v) is 7.17. The molecular formula is C9H16N2. The van der Waals surface area contributed by atoms with Crippen LogP contribution in [0, 0.1) is 0 Å². The zero-order valence-electron chi connectivity index (χ0n) is 7.17. The molecule has 4 N–H and O–H groups in total. The molecule has 1 unspecified atom stereocenters. The molecule has 0 radical (unpaired) electrons. The molecule has 0 aromatic rings. The van der Waals surface area contributed by atoms with Crippen LogP contribution >= 0.6 is 0 Å². The van der Waals surface area contributed by atoms with Gasteiger partial charge in [0.15, 0.2) is 0 Å². The smallest absolute Gasteiger partial charge is 0.0356 e. The van der Waals surface area contributed by atoms with E-state index in [9.17, 15) is 0 Å². The number of allylic oxidation sites excluding steroid dienone is 2. The van der Waals surface area contributed by atoms with E-state index in [2.05, 4.69) is 6.58 Å². The second-order valence-corrected chi connectivity index (χ2v) is 2.40. The van der Waals surface area contributed by atoms with Crippen molar-refractivity contribution in [3.8, 4) is 0 Å². The lowest BCUT2D eigenvalue weighted by molar-refractivity contribution is 0.872. The highest BCUT2D eigenvalue weighted by Crippen LogP contribution is 2.05. The molecule has 0 saturated carbocycles. The fourth-order valence-corrected chi connectivity index (χ4v) is 0.808. The topological polar surface area (TPSA) is 52.0 Å². The molecule has 0 saturated heterocycles. The van der Waals surface area contributed by atoms with Gasteiger partial charge in [0.2, 0.25) is 0 Å². The third kappa shape index (κ3) is 3.05. The van der Waals surface area contributed by atoms with Gasteiger partial charge in [-0.15, -0.1) is 0 Å². The Kier molecular flexibility index (Phi) is 4.30. The van der Waals surface area contributed by atoms with Crippen molar-refractivity contribution in [2.45, 2.75) is 19.9 Å². The number of rotatable bonds is 3. The predicted molar refractivity (Wildman–Crippen MR) is 49.9 cm³/mol. The molecule has 0 amide bonds. The van der Waals surface area contributed by atoms with Gasteiger partial charge in [-0.3, -0.25) is 0 Å². The van der Waals surface area contributed by atoms with E-state index in [1.165, 1.54) is 0 Å². The van der Waals surface area contributed by atoms with Crippen molar-refractivity contribution in [2.75, 3.05) is 0 Å². The van der Waals surface area contributed by atoms with Gasteiger partial charge in [-0.2, -0.15) is 0 Å². The summed E-state index contributed by atoms with van der Waals surface area (Å²) in [6.07, 6.45) is 5.43. The summed E-state index contributed by atoms with van der Waals surface area (Å²) in [5.74, 6) is 0. The van der Waals surface area contributed by atoms with Gasteiger partial charge < -0.3 is 11.5 Å². The summed E-state index contributed by atoms with van der Waals surface area (Å²) in [6.45, 7) is 7.40. The molecule has 0 aliphatic heterocycles. The van der Waals surface area contributed by atoms with E-state index < -0.39 is 0 Å². The Morgan fingerprint density at radius 3 is 2.36 bits per heavy atom. The quantitative estimate of drug-likeness (QED) is 0.599. The highest BCUT2D eigenvalue weighted by Gasteiger charge is 2.01. The summed E-state index contributed by atoms with van der Waals surface area (Å²) in [7, 11) is 0. The normalized spacial score (nSPS) is 16.3. The maximum atomic E-state index is 5.66. The molecule has 0 aromatic heterocycles. The minimum Gasteiger partial charge on any atom is -0.398 e. The molecule has 0 spiro atoms. The number of nitrogens with two attached hydrogens (primary N) is 2. The maximum absolute atomic E-state index is 5.66. The molecule has 0 fully saturated rings. The Hall–Kier alpha value is -1.02. The van der Waals surface area contributed by atoms with Crippen LogP contribution < -0.4 is 11.5 Å². The molecule has 0 aliphatic carbocycles. The van der Waals surface area contributed by atoms with Crippen molar-refractivity contribution < 1.29 is 0 Å². The summed E-state index contributed by atoms with van der Waals surface area (Å²) >= 11 is 0. The fourth-order valence-electron chi connectivity index (χ4n) is 0.808. The van der Waals surface area contributed by atoms with Crippen LogP contribution in [0.1, 0.15) is 13.8 Å². The van der Waals surface area contributed by atoms with Crippen LogP contribution in [0.2, 0.25) is 0 Å². The Labute approximate surface area is 68.3 Å². The van der Waals surface area contributed by atoms with E-state index in [-0.39, 0.29) is 6.04 Å². The molecule has 62 valence electrons. The molecule has 2 nitrogen and oxygen atoms in total. The molecule has 0 bridgehead atoms. The summed E-state index contributed by atoms with van der Waals surface area (Å²) in [4.78, 5) is 0.